The molecule has 1 fully saturated rings. The van der Waals surface area contributed by atoms with Gasteiger partial charge in [-0.1, -0.05) is 13.0 Å². The summed E-state index contributed by atoms with van der Waals surface area (Å²) in [5.41, 5.74) is 1.42. The van der Waals surface area contributed by atoms with E-state index < -0.39 is 0 Å². The average Bonchev–Trinajstić information content (AvgIpc) is 2.66. The van der Waals surface area contributed by atoms with E-state index in [-0.39, 0.29) is 0 Å². The van der Waals surface area contributed by atoms with Crippen LogP contribution in [0.5, 0.6) is 0 Å². The van der Waals surface area contributed by atoms with Crippen molar-refractivity contribution in [2.75, 3.05) is 19.3 Å². The fourth-order valence-electron chi connectivity index (χ4n) is 2.22. The Morgan fingerprint density at radius 2 is 2.47 bits per heavy atom. The van der Waals surface area contributed by atoms with Crippen LogP contribution in [0, 0.1) is 0 Å². The predicted molar refractivity (Wildman–Crippen MR) is 65.2 cm³/mol. The highest BCUT2D eigenvalue weighted by atomic mass is 32.2. The highest BCUT2D eigenvalue weighted by Crippen LogP contribution is 2.34. The first-order valence-corrected chi connectivity index (χ1v) is 6.59. The van der Waals surface area contributed by atoms with Crippen LogP contribution in [0.3, 0.4) is 0 Å². The van der Waals surface area contributed by atoms with Gasteiger partial charge in [-0.2, -0.15) is 0 Å². The minimum atomic E-state index is 0.591. The molecule has 1 aliphatic heterocycles. The summed E-state index contributed by atoms with van der Waals surface area (Å²) < 4.78 is 0. The summed E-state index contributed by atoms with van der Waals surface area (Å²) in [6.45, 7) is 3.40. The van der Waals surface area contributed by atoms with E-state index in [9.17, 15) is 0 Å². The lowest BCUT2D eigenvalue weighted by atomic mass is 10.1. The van der Waals surface area contributed by atoms with Crippen molar-refractivity contribution in [3.05, 3.63) is 23.9 Å². The zero-order valence-corrected chi connectivity index (χ0v) is 10.3. The standard InChI is InChI=1S/C12H18N2S/c1-3-15-12-10(6-4-8-13-12)11-7-5-9-14(11)2/h4,6,8,11H,3,5,7,9H2,1-2H3. The van der Waals surface area contributed by atoms with Crippen molar-refractivity contribution < 1.29 is 0 Å². The maximum absolute atomic E-state index is 4.48. The molecule has 1 saturated heterocycles. The van der Waals surface area contributed by atoms with Crippen LogP contribution in [-0.2, 0) is 0 Å². The number of pyridine rings is 1. The fourth-order valence-corrected chi connectivity index (χ4v) is 3.00. The first kappa shape index (κ1) is 11.0. The summed E-state index contributed by atoms with van der Waals surface area (Å²) in [5.74, 6) is 1.10. The predicted octanol–water partition coefficient (Wildman–Crippen LogP) is 2.96. The van der Waals surface area contributed by atoms with E-state index >= 15 is 0 Å². The molecule has 0 N–H and O–H groups in total. The van der Waals surface area contributed by atoms with Crippen molar-refractivity contribution >= 4 is 11.8 Å². The molecule has 1 aromatic rings. The molecule has 0 saturated carbocycles. The first-order chi connectivity index (χ1) is 7.33. The Morgan fingerprint density at radius 3 is 3.13 bits per heavy atom. The van der Waals surface area contributed by atoms with Gasteiger partial charge < -0.3 is 0 Å². The molecular weight excluding hydrogens is 204 g/mol. The van der Waals surface area contributed by atoms with Gasteiger partial charge >= 0.3 is 0 Å². The molecule has 2 nitrogen and oxygen atoms in total. The Morgan fingerprint density at radius 1 is 1.60 bits per heavy atom. The highest BCUT2D eigenvalue weighted by Gasteiger charge is 2.24. The third-order valence-electron chi connectivity index (χ3n) is 2.96. The molecular formula is C12H18N2S. The number of hydrogen-bond acceptors (Lipinski definition) is 3. The zero-order valence-electron chi connectivity index (χ0n) is 9.44. The molecule has 0 amide bonds. The molecule has 2 heterocycles. The van der Waals surface area contributed by atoms with Crippen LogP contribution in [-0.4, -0.2) is 29.2 Å². The molecule has 3 heteroatoms. The van der Waals surface area contributed by atoms with Crippen LogP contribution in [0.15, 0.2) is 23.4 Å². The van der Waals surface area contributed by atoms with E-state index in [0.29, 0.717) is 6.04 Å². The molecule has 0 spiro atoms. The summed E-state index contributed by atoms with van der Waals surface area (Å²) in [6.07, 6.45) is 4.49. The van der Waals surface area contributed by atoms with Gasteiger partial charge in [0.05, 0.1) is 0 Å². The van der Waals surface area contributed by atoms with E-state index in [0.717, 1.165) is 5.75 Å². The minimum absolute atomic E-state index is 0.591. The summed E-state index contributed by atoms with van der Waals surface area (Å²) in [5, 5.41) is 1.22. The number of hydrogen-bond donors (Lipinski definition) is 0. The van der Waals surface area contributed by atoms with Crippen molar-refractivity contribution in [2.45, 2.75) is 30.8 Å². The largest absolute Gasteiger partial charge is 0.299 e. The number of thioether (sulfide) groups is 1. The number of likely N-dealkylation sites (tertiary alicyclic amines) is 1. The van der Waals surface area contributed by atoms with Crippen molar-refractivity contribution in [2.24, 2.45) is 0 Å². The quantitative estimate of drug-likeness (QED) is 0.731. The lowest BCUT2D eigenvalue weighted by molar-refractivity contribution is 0.313. The Bertz CT molecular complexity index is 327. The summed E-state index contributed by atoms with van der Waals surface area (Å²) in [6, 6.07) is 4.88. The van der Waals surface area contributed by atoms with Crippen LogP contribution >= 0.6 is 11.8 Å². The Balaban J connectivity index is 2.25. The van der Waals surface area contributed by atoms with E-state index in [4.69, 9.17) is 0 Å². The molecule has 1 aliphatic rings. The third-order valence-corrected chi connectivity index (χ3v) is 3.86. The van der Waals surface area contributed by atoms with Crippen LogP contribution in [0.4, 0.5) is 0 Å². The minimum Gasteiger partial charge on any atom is -0.299 e. The van der Waals surface area contributed by atoms with Gasteiger partial charge in [0.25, 0.3) is 0 Å². The van der Waals surface area contributed by atoms with Gasteiger partial charge in [-0.05, 0) is 38.3 Å². The molecule has 2 rings (SSSR count). The molecule has 0 radical (unpaired) electrons. The summed E-state index contributed by atoms with van der Waals surface area (Å²) in [4.78, 5) is 6.92. The first-order valence-electron chi connectivity index (χ1n) is 5.61. The maximum atomic E-state index is 4.48. The average molecular weight is 222 g/mol. The van der Waals surface area contributed by atoms with Gasteiger partial charge in [-0.25, -0.2) is 4.98 Å². The van der Waals surface area contributed by atoms with E-state index in [2.05, 4.69) is 36.0 Å². The summed E-state index contributed by atoms with van der Waals surface area (Å²) in [7, 11) is 2.21. The van der Waals surface area contributed by atoms with Crippen molar-refractivity contribution in [1.29, 1.82) is 0 Å². The molecule has 15 heavy (non-hydrogen) atoms. The van der Waals surface area contributed by atoms with Gasteiger partial charge in [-0.15, -0.1) is 11.8 Å². The van der Waals surface area contributed by atoms with Crippen molar-refractivity contribution in [1.82, 2.24) is 9.88 Å². The number of rotatable bonds is 3. The topological polar surface area (TPSA) is 16.1 Å². The van der Waals surface area contributed by atoms with Crippen LogP contribution in [0.1, 0.15) is 31.4 Å². The second-order valence-electron chi connectivity index (χ2n) is 3.97. The van der Waals surface area contributed by atoms with Crippen LogP contribution in [0.2, 0.25) is 0 Å². The van der Waals surface area contributed by atoms with Crippen LogP contribution in [0.25, 0.3) is 0 Å². The van der Waals surface area contributed by atoms with Gasteiger partial charge in [-0.3, -0.25) is 4.90 Å². The lowest BCUT2D eigenvalue weighted by Gasteiger charge is -2.21. The molecule has 82 valence electrons. The van der Waals surface area contributed by atoms with E-state index in [1.54, 1.807) is 0 Å². The molecule has 0 aromatic carbocycles. The number of nitrogens with zero attached hydrogens (tertiary/aromatic N) is 2. The molecule has 0 bridgehead atoms. The third kappa shape index (κ3) is 2.34. The second kappa shape index (κ2) is 4.99. The van der Waals surface area contributed by atoms with Crippen molar-refractivity contribution in [3.8, 4) is 0 Å². The lowest BCUT2D eigenvalue weighted by Crippen LogP contribution is -2.18. The Kier molecular flexibility index (Phi) is 3.65. The Labute approximate surface area is 96.1 Å². The Hall–Kier alpha value is -0.540. The normalized spacial score (nSPS) is 22.1. The molecule has 0 aliphatic carbocycles. The molecule has 1 aromatic heterocycles. The van der Waals surface area contributed by atoms with Crippen LogP contribution < -0.4 is 0 Å². The van der Waals surface area contributed by atoms with Gasteiger partial charge in [0.2, 0.25) is 0 Å². The zero-order chi connectivity index (χ0) is 10.7. The fraction of sp³-hybridized carbons (Fsp3) is 0.583. The van der Waals surface area contributed by atoms with Crippen molar-refractivity contribution in [3.63, 3.8) is 0 Å². The number of aromatic nitrogens is 1. The van der Waals surface area contributed by atoms with Gasteiger partial charge in [0.1, 0.15) is 5.03 Å². The van der Waals surface area contributed by atoms with E-state index in [1.807, 2.05) is 18.0 Å². The smallest absolute Gasteiger partial charge is 0.101 e. The summed E-state index contributed by atoms with van der Waals surface area (Å²) >= 11 is 1.85. The van der Waals surface area contributed by atoms with Gasteiger partial charge in [0.15, 0.2) is 0 Å². The molecule has 1 atom stereocenters. The highest BCUT2D eigenvalue weighted by molar-refractivity contribution is 7.99. The SMILES string of the molecule is CCSc1ncccc1C1CCCN1C. The second-order valence-corrected chi connectivity index (χ2v) is 5.22. The van der Waals surface area contributed by atoms with Gasteiger partial charge in [0, 0.05) is 17.8 Å². The monoisotopic (exact) mass is 222 g/mol. The van der Waals surface area contributed by atoms with E-state index in [1.165, 1.54) is 30.0 Å². The maximum Gasteiger partial charge on any atom is 0.101 e. The molecule has 1 unspecified atom stereocenters.